The number of halogens is 1. The Hall–Kier alpha value is -1.21. The van der Waals surface area contributed by atoms with Crippen molar-refractivity contribution in [2.45, 2.75) is 6.04 Å². The largest absolute Gasteiger partial charge is 0.394 e. The number of nitrogens with zero attached hydrogens (tertiary/aromatic N) is 2. The third-order valence-corrected chi connectivity index (χ3v) is 3.23. The standard InChI is InChI=1S/C12H17N3O3.ClH/c16-9-12(14-6-4-13-5-7-14)10-2-1-3-11(8-10)15(17)18;/h1-3,8,12-13,16H,4-7,9H2;1H/t12-;/m1./s1. The molecule has 0 saturated carbocycles. The molecule has 1 saturated heterocycles. The Morgan fingerprint density at radius 2 is 2.11 bits per heavy atom. The van der Waals surface area contributed by atoms with Gasteiger partial charge in [0.1, 0.15) is 0 Å². The topological polar surface area (TPSA) is 78.6 Å². The predicted octanol–water partition coefficient (Wildman–Crippen LogP) is 0.955. The number of nitro groups is 1. The lowest BCUT2D eigenvalue weighted by atomic mass is 10.0. The Kier molecular flexibility index (Phi) is 6.17. The van der Waals surface area contributed by atoms with Gasteiger partial charge in [-0.05, 0) is 5.56 Å². The Morgan fingerprint density at radius 3 is 2.68 bits per heavy atom. The molecule has 1 aliphatic heterocycles. The predicted molar refractivity (Wildman–Crippen MR) is 74.6 cm³/mol. The van der Waals surface area contributed by atoms with Crippen LogP contribution in [0.15, 0.2) is 24.3 Å². The van der Waals surface area contributed by atoms with E-state index in [0.29, 0.717) is 0 Å². The third-order valence-electron chi connectivity index (χ3n) is 3.23. The van der Waals surface area contributed by atoms with Gasteiger partial charge in [-0.3, -0.25) is 15.0 Å². The molecule has 0 radical (unpaired) electrons. The highest BCUT2D eigenvalue weighted by Gasteiger charge is 2.22. The van der Waals surface area contributed by atoms with Gasteiger partial charge in [-0.2, -0.15) is 0 Å². The summed E-state index contributed by atoms with van der Waals surface area (Å²) < 4.78 is 0. The zero-order valence-electron chi connectivity index (χ0n) is 10.5. The molecule has 0 amide bonds. The summed E-state index contributed by atoms with van der Waals surface area (Å²) in [5.41, 5.74) is 0.870. The van der Waals surface area contributed by atoms with E-state index in [1.165, 1.54) is 6.07 Å². The van der Waals surface area contributed by atoms with Crippen molar-refractivity contribution in [1.29, 1.82) is 0 Å². The number of aliphatic hydroxyl groups is 1. The van der Waals surface area contributed by atoms with Crippen molar-refractivity contribution >= 4 is 18.1 Å². The van der Waals surface area contributed by atoms with Crippen LogP contribution in [0, 0.1) is 10.1 Å². The van der Waals surface area contributed by atoms with Gasteiger partial charge in [0, 0.05) is 38.3 Å². The molecule has 19 heavy (non-hydrogen) atoms. The number of aliphatic hydroxyl groups excluding tert-OH is 1. The molecule has 1 heterocycles. The summed E-state index contributed by atoms with van der Waals surface area (Å²) in [5.74, 6) is 0. The van der Waals surface area contributed by atoms with E-state index in [4.69, 9.17) is 0 Å². The van der Waals surface area contributed by atoms with E-state index in [1.54, 1.807) is 12.1 Å². The average Bonchev–Trinajstić information content (AvgIpc) is 2.41. The van der Waals surface area contributed by atoms with Crippen LogP contribution < -0.4 is 5.32 Å². The first-order valence-corrected chi connectivity index (χ1v) is 6.02. The van der Waals surface area contributed by atoms with Crippen molar-refractivity contribution in [2.75, 3.05) is 32.8 Å². The zero-order valence-corrected chi connectivity index (χ0v) is 11.3. The molecule has 0 bridgehead atoms. The molecule has 1 aliphatic rings. The smallest absolute Gasteiger partial charge is 0.269 e. The quantitative estimate of drug-likeness (QED) is 0.637. The Morgan fingerprint density at radius 1 is 1.42 bits per heavy atom. The highest BCUT2D eigenvalue weighted by molar-refractivity contribution is 5.85. The average molecular weight is 288 g/mol. The lowest BCUT2D eigenvalue weighted by Gasteiger charge is -2.34. The first kappa shape index (κ1) is 15.8. The first-order valence-electron chi connectivity index (χ1n) is 6.02. The van der Waals surface area contributed by atoms with E-state index in [-0.39, 0.29) is 30.7 Å². The number of hydrogen-bond donors (Lipinski definition) is 2. The van der Waals surface area contributed by atoms with Gasteiger partial charge >= 0.3 is 0 Å². The van der Waals surface area contributed by atoms with E-state index in [0.717, 1.165) is 31.7 Å². The van der Waals surface area contributed by atoms with E-state index in [1.807, 2.05) is 6.07 Å². The summed E-state index contributed by atoms with van der Waals surface area (Å²) in [4.78, 5) is 12.5. The van der Waals surface area contributed by atoms with E-state index >= 15 is 0 Å². The number of nitrogens with one attached hydrogen (secondary N) is 1. The number of benzene rings is 1. The molecule has 2 rings (SSSR count). The van der Waals surface area contributed by atoms with Crippen LogP contribution in [-0.4, -0.2) is 47.7 Å². The van der Waals surface area contributed by atoms with Crippen LogP contribution in [0.5, 0.6) is 0 Å². The molecule has 0 aliphatic carbocycles. The van der Waals surface area contributed by atoms with Crippen molar-refractivity contribution in [1.82, 2.24) is 10.2 Å². The van der Waals surface area contributed by atoms with Gasteiger partial charge in [0.2, 0.25) is 0 Å². The molecular weight excluding hydrogens is 270 g/mol. The fourth-order valence-corrected chi connectivity index (χ4v) is 2.27. The van der Waals surface area contributed by atoms with Gasteiger partial charge in [0.05, 0.1) is 17.6 Å². The summed E-state index contributed by atoms with van der Waals surface area (Å²) >= 11 is 0. The van der Waals surface area contributed by atoms with Crippen LogP contribution in [0.1, 0.15) is 11.6 Å². The minimum atomic E-state index is -0.407. The molecule has 0 spiro atoms. The van der Waals surface area contributed by atoms with Crippen LogP contribution >= 0.6 is 12.4 Å². The molecule has 1 atom stereocenters. The molecule has 1 fully saturated rings. The second-order valence-corrected chi connectivity index (χ2v) is 4.34. The zero-order chi connectivity index (χ0) is 13.0. The van der Waals surface area contributed by atoms with Crippen LogP contribution in [0.4, 0.5) is 5.69 Å². The minimum Gasteiger partial charge on any atom is -0.394 e. The minimum absolute atomic E-state index is 0. The van der Waals surface area contributed by atoms with Crippen molar-refractivity contribution in [2.24, 2.45) is 0 Å². The molecule has 2 N–H and O–H groups in total. The molecule has 0 unspecified atom stereocenters. The number of nitro benzene ring substituents is 1. The maximum atomic E-state index is 10.8. The summed E-state index contributed by atoms with van der Waals surface area (Å²) in [6.07, 6.45) is 0. The Bertz CT molecular complexity index is 424. The second-order valence-electron chi connectivity index (χ2n) is 4.34. The third kappa shape index (κ3) is 3.87. The molecular formula is C12H18ClN3O3. The monoisotopic (exact) mass is 287 g/mol. The van der Waals surface area contributed by atoms with E-state index in [2.05, 4.69) is 10.2 Å². The van der Waals surface area contributed by atoms with Crippen molar-refractivity contribution in [3.05, 3.63) is 39.9 Å². The van der Waals surface area contributed by atoms with Gasteiger partial charge in [-0.1, -0.05) is 12.1 Å². The number of piperazine rings is 1. The SMILES string of the molecule is Cl.O=[N+]([O-])c1cccc([C@@H](CO)N2CCNCC2)c1. The van der Waals surface area contributed by atoms with Gasteiger partial charge in [-0.25, -0.2) is 0 Å². The van der Waals surface area contributed by atoms with Crippen molar-refractivity contribution in [3.8, 4) is 0 Å². The summed E-state index contributed by atoms with van der Waals surface area (Å²) in [6.45, 7) is 3.42. The van der Waals surface area contributed by atoms with Crippen LogP contribution in [0.3, 0.4) is 0 Å². The van der Waals surface area contributed by atoms with Gasteiger partial charge < -0.3 is 10.4 Å². The summed E-state index contributed by atoms with van der Waals surface area (Å²) in [7, 11) is 0. The van der Waals surface area contributed by atoms with Crippen LogP contribution in [-0.2, 0) is 0 Å². The maximum absolute atomic E-state index is 10.8. The summed E-state index contributed by atoms with van der Waals surface area (Å²) in [5, 5.41) is 23.5. The molecule has 0 aromatic heterocycles. The van der Waals surface area contributed by atoms with Crippen molar-refractivity contribution < 1.29 is 10.0 Å². The van der Waals surface area contributed by atoms with E-state index in [9.17, 15) is 15.2 Å². The molecule has 6 nitrogen and oxygen atoms in total. The van der Waals surface area contributed by atoms with Crippen LogP contribution in [0.2, 0.25) is 0 Å². The van der Waals surface area contributed by atoms with Crippen LogP contribution in [0.25, 0.3) is 0 Å². The Balaban J connectivity index is 0.00000180. The fourth-order valence-electron chi connectivity index (χ4n) is 2.27. The lowest BCUT2D eigenvalue weighted by molar-refractivity contribution is -0.385. The fraction of sp³-hybridized carbons (Fsp3) is 0.500. The lowest BCUT2D eigenvalue weighted by Crippen LogP contribution is -2.46. The van der Waals surface area contributed by atoms with Crippen molar-refractivity contribution in [3.63, 3.8) is 0 Å². The Labute approximate surface area is 118 Å². The highest BCUT2D eigenvalue weighted by Crippen LogP contribution is 2.24. The molecule has 7 heteroatoms. The number of hydrogen-bond acceptors (Lipinski definition) is 5. The summed E-state index contributed by atoms with van der Waals surface area (Å²) in [6, 6.07) is 6.35. The maximum Gasteiger partial charge on any atom is 0.269 e. The number of non-ortho nitro benzene ring substituents is 1. The molecule has 1 aromatic carbocycles. The highest BCUT2D eigenvalue weighted by atomic mass is 35.5. The first-order chi connectivity index (χ1) is 8.72. The van der Waals surface area contributed by atoms with Gasteiger partial charge in [0.25, 0.3) is 5.69 Å². The normalized spacial score (nSPS) is 17.5. The number of rotatable bonds is 4. The molecule has 1 aromatic rings. The second kappa shape index (κ2) is 7.40. The van der Waals surface area contributed by atoms with Gasteiger partial charge in [-0.15, -0.1) is 12.4 Å². The molecule has 106 valence electrons. The van der Waals surface area contributed by atoms with Gasteiger partial charge in [0.15, 0.2) is 0 Å². The van der Waals surface area contributed by atoms with E-state index < -0.39 is 4.92 Å².